The third-order valence-corrected chi connectivity index (χ3v) is 3.37. The van der Waals surface area contributed by atoms with Gasteiger partial charge in [0.2, 0.25) is 0 Å². The number of nitrogens with zero attached hydrogens (tertiary/aromatic N) is 3. The number of rotatable bonds is 8. The number of hydrogen-bond donors (Lipinski definition) is 1. The summed E-state index contributed by atoms with van der Waals surface area (Å²) < 4.78 is 0. The second-order valence-corrected chi connectivity index (χ2v) is 5.54. The van der Waals surface area contributed by atoms with E-state index < -0.39 is 0 Å². The number of hydrogen-bond acceptors (Lipinski definition) is 3. The zero-order chi connectivity index (χ0) is 15.7. The van der Waals surface area contributed by atoms with Crippen LogP contribution in [-0.2, 0) is 0 Å². The molecule has 0 aliphatic heterocycles. The van der Waals surface area contributed by atoms with Gasteiger partial charge in [0, 0.05) is 25.8 Å². The molecule has 0 radical (unpaired) electrons. The molecule has 0 fully saturated rings. The SMILES string of the molecule is CCN(CC)CCN(CC(C)C)C(=O)Nc1cccnc1. The van der Waals surface area contributed by atoms with Crippen molar-refractivity contribution in [3.05, 3.63) is 24.5 Å². The van der Waals surface area contributed by atoms with Crippen LogP contribution in [-0.4, -0.2) is 53.5 Å². The third-order valence-electron chi connectivity index (χ3n) is 3.37. The molecule has 1 N–H and O–H groups in total. The predicted molar refractivity (Wildman–Crippen MR) is 87.5 cm³/mol. The maximum atomic E-state index is 12.4. The fourth-order valence-electron chi connectivity index (χ4n) is 2.16. The second kappa shape index (κ2) is 9.34. The minimum Gasteiger partial charge on any atom is -0.323 e. The van der Waals surface area contributed by atoms with Gasteiger partial charge in [0.15, 0.2) is 0 Å². The van der Waals surface area contributed by atoms with Crippen molar-refractivity contribution in [1.29, 1.82) is 0 Å². The molecular formula is C16H28N4O. The van der Waals surface area contributed by atoms with Gasteiger partial charge in [-0.05, 0) is 31.1 Å². The first-order valence-electron chi connectivity index (χ1n) is 7.75. The van der Waals surface area contributed by atoms with Crippen LogP contribution in [0, 0.1) is 5.92 Å². The fourth-order valence-corrected chi connectivity index (χ4v) is 2.16. The van der Waals surface area contributed by atoms with Gasteiger partial charge in [-0.25, -0.2) is 4.79 Å². The first-order valence-corrected chi connectivity index (χ1v) is 7.75. The number of carbonyl (C=O) groups is 1. The molecule has 1 aromatic heterocycles. The van der Waals surface area contributed by atoms with Crippen LogP contribution in [0.25, 0.3) is 0 Å². The van der Waals surface area contributed by atoms with E-state index in [9.17, 15) is 4.79 Å². The molecular weight excluding hydrogens is 264 g/mol. The van der Waals surface area contributed by atoms with Gasteiger partial charge in [0.1, 0.15) is 0 Å². The van der Waals surface area contributed by atoms with Gasteiger partial charge in [-0.15, -0.1) is 0 Å². The molecule has 0 aromatic carbocycles. The minimum atomic E-state index is -0.0520. The Morgan fingerprint density at radius 1 is 1.29 bits per heavy atom. The standard InChI is InChI=1S/C16H28N4O/c1-5-19(6-2)10-11-20(13-14(3)4)16(21)18-15-8-7-9-17-12-15/h7-9,12,14H,5-6,10-11,13H2,1-4H3,(H,18,21). The van der Waals surface area contributed by atoms with Gasteiger partial charge in [0.05, 0.1) is 11.9 Å². The van der Waals surface area contributed by atoms with E-state index in [1.54, 1.807) is 12.4 Å². The molecule has 0 saturated carbocycles. The van der Waals surface area contributed by atoms with Gasteiger partial charge in [-0.2, -0.15) is 0 Å². The number of nitrogens with one attached hydrogen (secondary N) is 1. The molecule has 21 heavy (non-hydrogen) atoms. The number of urea groups is 1. The highest BCUT2D eigenvalue weighted by atomic mass is 16.2. The lowest BCUT2D eigenvalue weighted by Crippen LogP contribution is -2.42. The predicted octanol–water partition coefficient (Wildman–Crippen LogP) is 2.91. The topological polar surface area (TPSA) is 48.5 Å². The molecule has 1 rings (SSSR count). The maximum absolute atomic E-state index is 12.4. The largest absolute Gasteiger partial charge is 0.323 e. The van der Waals surface area contributed by atoms with E-state index in [1.807, 2.05) is 17.0 Å². The summed E-state index contributed by atoms with van der Waals surface area (Å²) in [4.78, 5) is 20.6. The number of carbonyl (C=O) groups excluding carboxylic acids is 1. The number of likely N-dealkylation sites (N-methyl/N-ethyl adjacent to an activating group) is 1. The molecule has 5 heteroatoms. The van der Waals surface area contributed by atoms with Crippen LogP contribution in [0.15, 0.2) is 24.5 Å². The van der Waals surface area contributed by atoms with Crippen LogP contribution in [0.2, 0.25) is 0 Å². The summed E-state index contributed by atoms with van der Waals surface area (Å²) in [5, 5.41) is 2.91. The highest BCUT2D eigenvalue weighted by Gasteiger charge is 2.15. The van der Waals surface area contributed by atoms with Crippen LogP contribution in [0.4, 0.5) is 10.5 Å². The number of amides is 2. The smallest absolute Gasteiger partial charge is 0.321 e. The number of pyridine rings is 1. The lowest BCUT2D eigenvalue weighted by molar-refractivity contribution is 0.189. The Morgan fingerprint density at radius 3 is 2.52 bits per heavy atom. The van der Waals surface area contributed by atoms with Crippen LogP contribution >= 0.6 is 0 Å². The van der Waals surface area contributed by atoms with Crippen LogP contribution in [0.5, 0.6) is 0 Å². The van der Waals surface area contributed by atoms with Crippen LogP contribution in [0.3, 0.4) is 0 Å². The third kappa shape index (κ3) is 6.58. The molecule has 2 amide bonds. The average Bonchev–Trinajstić information content (AvgIpc) is 2.47. The average molecular weight is 292 g/mol. The highest BCUT2D eigenvalue weighted by molar-refractivity contribution is 5.89. The van der Waals surface area contributed by atoms with Crippen molar-refractivity contribution in [1.82, 2.24) is 14.8 Å². The van der Waals surface area contributed by atoms with Crippen molar-refractivity contribution in [3.63, 3.8) is 0 Å². The Balaban J connectivity index is 2.61. The summed E-state index contributed by atoms with van der Waals surface area (Å²) in [6, 6.07) is 3.62. The number of anilines is 1. The van der Waals surface area contributed by atoms with Gasteiger partial charge in [-0.1, -0.05) is 27.7 Å². The zero-order valence-electron chi connectivity index (χ0n) is 13.7. The van der Waals surface area contributed by atoms with Crippen molar-refractivity contribution < 1.29 is 4.79 Å². The zero-order valence-corrected chi connectivity index (χ0v) is 13.7. The quantitative estimate of drug-likeness (QED) is 0.801. The van der Waals surface area contributed by atoms with Crippen molar-refractivity contribution in [3.8, 4) is 0 Å². The molecule has 0 atom stereocenters. The van der Waals surface area contributed by atoms with Gasteiger partial charge in [0.25, 0.3) is 0 Å². The number of aromatic nitrogens is 1. The monoisotopic (exact) mass is 292 g/mol. The molecule has 0 bridgehead atoms. The summed E-state index contributed by atoms with van der Waals surface area (Å²) in [7, 11) is 0. The minimum absolute atomic E-state index is 0.0520. The molecule has 0 saturated heterocycles. The van der Waals surface area contributed by atoms with Crippen molar-refractivity contribution in [2.45, 2.75) is 27.7 Å². The Labute approximate surface area is 128 Å². The first kappa shape index (κ1) is 17.4. The van der Waals surface area contributed by atoms with E-state index in [2.05, 4.69) is 42.9 Å². The summed E-state index contributed by atoms with van der Waals surface area (Å²) in [5.74, 6) is 0.446. The molecule has 1 heterocycles. The fraction of sp³-hybridized carbons (Fsp3) is 0.625. The molecule has 118 valence electrons. The molecule has 5 nitrogen and oxygen atoms in total. The van der Waals surface area contributed by atoms with Crippen molar-refractivity contribution in [2.24, 2.45) is 5.92 Å². The van der Waals surface area contributed by atoms with E-state index in [-0.39, 0.29) is 6.03 Å². The van der Waals surface area contributed by atoms with E-state index in [4.69, 9.17) is 0 Å². The Morgan fingerprint density at radius 2 is 2.00 bits per heavy atom. The normalized spacial score (nSPS) is 11.0. The van der Waals surface area contributed by atoms with Crippen LogP contribution in [0.1, 0.15) is 27.7 Å². The Hall–Kier alpha value is -1.62. The van der Waals surface area contributed by atoms with Gasteiger partial charge >= 0.3 is 6.03 Å². The van der Waals surface area contributed by atoms with E-state index in [0.29, 0.717) is 5.92 Å². The lowest BCUT2D eigenvalue weighted by Gasteiger charge is -2.28. The van der Waals surface area contributed by atoms with Crippen molar-refractivity contribution >= 4 is 11.7 Å². The summed E-state index contributed by atoms with van der Waals surface area (Å²) in [6.07, 6.45) is 3.36. The summed E-state index contributed by atoms with van der Waals surface area (Å²) >= 11 is 0. The molecule has 0 aliphatic carbocycles. The van der Waals surface area contributed by atoms with Crippen LogP contribution < -0.4 is 5.32 Å². The molecule has 1 aromatic rings. The Bertz CT molecular complexity index is 404. The van der Waals surface area contributed by atoms with E-state index in [0.717, 1.165) is 38.4 Å². The maximum Gasteiger partial charge on any atom is 0.321 e. The van der Waals surface area contributed by atoms with E-state index >= 15 is 0 Å². The lowest BCUT2D eigenvalue weighted by atomic mass is 10.2. The summed E-state index contributed by atoms with van der Waals surface area (Å²) in [6.45, 7) is 13.0. The molecule has 0 aliphatic rings. The molecule has 0 spiro atoms. The Kier molecular flexibility index (Phi) is 7.75. The van der Waals surface area contributed by atoms with Gasteiger partial charge in [-0.3, -0.25) is 4.98 Å². The summed E-state index contributed by atoms with van der Waals surface area (Å²) in [5.41, 5.74) is 0.735. The molecule has 0 unspecified atom stereocenters. The second-order valence-electron chi connectivity index (χ2n) is 5.54. The highest BCUT2D eigenvalue weighted by Crippen LogP contribution is 2.07. The van der Waals surface area contributed by atoms with Gasteiger partial charge < -0.3 is 15.1 Å². The first-order chi connectivity index (χ1) is 10.1. The van der Waals surface area contributed by atoms with Crippen molar-refractivity contribution in [2.75, 3.05) is 38.0 Å². The van der Waals surface area contributed by atoms with E-state index in [1.165, 1.54) is 0 Å².